The third-order valence-corrected chi connectivity index (χ3v) is 3.75. The maximum absolute atomic E-state index is 12.0. The predicted molar refractivity (Wildman–Crippen MR) is 84.2 cm³/mol. The Morgan fingerprint density at radius 1 is 1.43 bits per heavy atom. The number of pyridine rings is 1. The maximum Gasteiger partial charge on any atom is 0.326 e. The smallest absolute Gasteiger partial charge is 0.326 e. The summed E-state index contributed by atoms with van der Waals surface area (Å²) in [7, 11) is 3.86. The molecular formula is C16H27N3O2. The molecule has 0 fully saturated rings. The summed E-state index contributed by atoms with van der Waals surface area (Å²) >= 11 is 0. The van der Waals surface area contributed by atoms with E-state index >= 15 is 0 Å². The summed E-state index contributed by atoms with van der Waals surface area (Å²) in [5.41, 5.74) is 0.459. The van der Waals surface area contributed by atoms with Gasteiger partial charge in [-0.2, -0.15) is 0 Å². The van der Waals surface area contributed by atoms with Gasteiger partial charge in [0.25, 0.3) is 0 Å². The lowest BCUT2D eigenvalue weighted by atomic mass is 9.98. The number of hydrogen-bond donors (Lipinski definition) is 1. The van der Waals surface area contributed by atoms with Crippen LogP contribution in [0.1, 0.15) is 26.0 Å². The van der Waals surface area contributed by atoms with E-state index in [2.05, 4.69) is 22.2 Å². The number of nitrogens with one attached hydrogen (secondary N) is 1. The summed E-state index contributed by atoms with van der Waals surface area (Å²) < 4.78 is 5.13. The summed E-state index contributed by atoms with van der Waals surface area (Å²) in [4.78, 5) is 18.5. The zero-order valence-electron chi connectivity index (χ0n) is 13.6. The Balaban J connectivity index is 2.40. The van der Waals surface area contributed by atoms with E-state index in [4.69, 9.17) is 4.74 Å². The lowest BCUT2D eigenvalue weighted by Gasteiger charge is -2.29. The van der Waals surface area contributed by atoms with E-state index in [1.165, 1.54) is 0 Å². The van der Waals surface area contributed by atoms with Gasteiger partial charge in [0.15, 0.2) is 0 Å². The zero-order chi connectivity index (χ0) is 15.7. The van der Waals surface area contributed by atoms with Gasteiger partial charge in [-0.25, -0.2) is 0 Å². The fourth-order valence-electron chi connectivity index (χ4n) is 2.00. The van der Waals surface area contributed by atoms with Crippen LogP contribution in [0.4, 0.5) is 0 Å². The Labute approximate surface area is 127 Å². The fourth-order valence-corrected chi connectivity index (χ4v) is 2.00. The van der Waals surface area contributed by atoms with Crippen molar-refractivity contribution in [2.24, 2.45) is 0 Å². The summed E-state index contributed by atoms with van der Waals surface area (Å²) in [5.74, 6) is -0.189. The summed E-state index contributed by atoms with van der Waals surface area (Å²) in [5, 5.41) is 3.08. The molecule has 0 aromatic carbocycles. The van der Waals surface area contributed by atoms with Crippen LogP contribution in [0.5, 0.6) is 0 Å². The van der Waals surface area contributed by atoms with Gasteiger partial charge in [0.1, 0.15) is 5.54 Å². The van der Waals surface area contributed by atoms with Crippen molar-refractivity contribution in [2.45, 2.75) is 32.2 Å². The predicted octanol–water partition coefficient (Wildman–Crippen LogP) is 1.49. The molecule has 5 heteroatoms. The molecule has 1 atom stereocenters. The van der Waals surface area contributed by atoms with Crippen LogP contribution in [-0.2, 0) is 16.0 Å². The monoisotopic (exact) mass is 293 g/mol. The Kier molecular flexibility index (Phi) is 7.32. The van der Waals surface area contributed by atoms with Crippen LogP contribution >= 0.6 is 0 Å². The molecule has 0 saturated heterocycles. The molecule has 1 unspecified atom stereocenters. The van der Waals surface area contributed by atoms with Crippen molar-refractivity contribution in [3.05, 3.63) is 30.1 Å². The molecule has 1 aromatic rings. The summed E-state index contributed by atoms with van der Waals surface area (Å²) in [6.45, 7) is 5.86. The average molecular weight is 293 g/mol. The molecular weight excluding hydrogens is 266 g/mol. The van der Waals surface area contributed by atoms with Crippen molar-refractivity contribution >= 4 is 5.97 Å². The van der Waals surface area contributed by atoms with Crippen LogP contribution in [0.3, 0.4) is 0 Å². The standard InChI is InChI=1S/C16H27N3O2/c1-5-21-15(20)16(2,17-3)10-13-19(4)12-9-14-8-6-7-11-18-14/h6-8,11,17H,5,9-10,12-13H2,1-4H3. The van der Waals surface area contributed by atoms with E-state index in [1.54, 1.807) is 7.05 Å². The second kappa shape index (κ2) is 8.74. The number of rotatable bonds is 9. The second-order valence-electron chi connectivity index (χ2n) is 5.43. The zero-order valence-corrected chi connectivity index (χ0v) is 13.6. The normalized spacial score (nSPS) is 14.0. The lowest BCUT2D eigenvalue weighted by Crippen LogP contribution is -2.50. The topological polar surface area (TPSA) is 54.5 Å². The Morgan fingerprint density at radius 2 is 2.19 bits per heavy atom. The van der Waals surface area contributed by atoms with E-state index in [0.29, 0.717) is 13.0 Å². The molecule has 21 heavy (non-hydrogen) atoms. The first-order chi connectivity index (χ1) is 10.0. The van der Waals surface area contributed by atoms with Gasteiger partial charge in [-0.1, -0.05) is 6.07 Å². The molecule has 0 aliphatic carbocycles. The number of nitrogens with zero attached hydrogens (tertiary/aromatic N) is 2. The highest BCUT2D eigenvalue weighted by atomic mass is 16.5. The lowest BCUT2D eigenvalue weighted by molar-refractivity contribution is -0.150. The number of carbonyl (C=O) groups is 1. The van der Waals surface area contributed by atoms with Gasteiger partial charge in [0.05, 0.1) is 6.61 Å². The first-order valence-corrected chi connectivity index (χ1v) is 7.46. The van der Waals surface area contributed by atoms with E-state index in [1.807, 2.05) is 38.2 Å². The SMILES string of the molecule is CCOC(=O)C(C)(CCN(C)CCc1ccccn1)NC. The molecule has 118 valence electrons. The highest BCUT2D eigenvalue weighted by Gasteiger charge is 2.32. The van der Waals surface area contributed by atoms with Gasteiger partial charge in [0, 0.05) is 31.4 Å². The van der Waals surface area contributed by atoms with Crippen molar-refractivity contribution in [1.82, 2.24) is 15.2 Å². The molecule has 0 aliphatic rings. The van der Waals surface area contributed by atoms with Gasteiger partial charge in [-0.15, -0.1) is 0 Å². The fraction of sp³-hybridized carbons (Fsp3) is 0.625. The summed E-state index contributed by atoms with van der Waals surface area (Å²) in [6.07, 6.45) is 3.43. The highest BCUT2D eigenvalue weighted by Crippen LogP contribution is 2.12. The van der Waals surface area contributed by atoms with Crippen molar-refractivity contribution in [2.75, 3.05) is 33.8 Å². The minimum Gasteiger partial charge on any atom is -0.465 e. The third-order valence-electron chi connectivity index (χ3n) is 3.75. The molecule has 1 aromatic heterocycles. The van der Waals surface area contributed by atoms with E-state index in [0.717, 1.165) is 25.2 Å². The van der Waals surface area contributed by atoms with Gasteiger partial charge >= 0.3 is 5.97 Å². The maximum atomic E-state index is 12.0. The number of ether oxygens (including phenoxy) is 1. The highest BCUT2D eigenvalue weighted by molar-refractivity contribution is 5.80. The van der Waals surface area contributed by atoms with E-state index in [9.17, 15) is 4.79 Å². The molecule has 0 saturated carbocycles. The molecule has 1 N–H and O–H groups in total. The quantitative estimate of drug-likeness (QED) is 0.699. The molecule has 0 bridgehead atoms. The molecule has 1 heterocycles. The minimum absolute atomic E-state index is 0.189. The molecule has 0 radical (unpaired) electrons. The van der Waals surface area contributed by atoms with Gasteiger partial charge in [-0.05, 0) is 46.5 Å². The number of likely N-dealkylation sites (N-methyl/N-ethyl adjacent to an activating group) is 2. The minimum atomic E-state index is -0.630. The van der Waals surface area contributed by atoms with Crippen LogP contribution in [0, 0.1) is 0 Å². The van der Waals surface area contributed by atoms with Gasteiger partial charge < -0.3 is 15.0 Å². The first kappa shape index (κ1) is 17.6. The van der Waals surface area contributed by atoms with Gasteiger partial charge in [-0.3, -0.25) is 9.78 Å². The van der Waals surface area contributed by atoms with Crippen LogP contribution in [0.25, 0.3) is 0 Å². The molecule has 0 spiro atoms. The average Bonchev–Trinajstić information content (AvgIpc) is 2.51. The molecule has 0 amide bonds. The third kappa shape index (κ3) is 5.81. The summed E-state index contributed by atoms with van der Waals surface area (Å²) in [6, 6.07) is 5.95. The Morgan fingerprint density at radius 3 is 2.76 bits per heavy atom. The van der Waals surface area contributed by atoms with Crippen LogP contribution < -0.4 is 5.32 Å². The van der Waals surface area contributed by atoms with Crippen LogP contribution in [0.15, 0.2) is 24.4 Å². The number of esters is 1. The van der Waals surface area contributed by atoms with E-state index in [-0.39, 0.29) is 5.97 Å². The van der Waals surface area contributed by atoms with Gasteiger partial charge in [0.2, 0.25) is 0 Å². The molecule has 1 rings (SSSR count). The van der Waals surface area contributed by atoms with Crippen molar-refractivity contribution in [1.29, 1.82) is 0 Å². The van der Waals surface area contributed by atoms with Crippen LogP contribution in [-0.4, -0.2) is 55.2 Å². The number of carbonyl (C=O) groups excluding carboxylic acids is 1. The van der Waals surface area contributed by atoms with Crippen molar-refractivity contribution in [3.8, 4) is 0 Å². The molecule has 5 nitrogen and oxygen atoms in total. The largest absolute Gasteiger partial charge is 0.465 e. The van der Waals surface area contributed by atoms with E-state index < -0.39 is 5.54 Å². The van der Waals surface area contributed by atoms with Crippen molar-refractivity contribution < 1.29 is 9.53 Å². The second-order valence-corrected chi connectivity index (χ2v) is 5.43. The Bertz CT molecular complexity index is 425. The number of hydrogen-bond acceptors (Lipinski definition) is 5. The van der Waals surface area contributed by atoms with Crippen LogP contribution in [0.2, 0.25) is 0 Å². The van der Waals surface area contributed by atoms with Crippen molar-refractivity contribution in [3.63, 3.8) is 0 Å². The first-order valence-electron chi connectivity index (χ1n) is 7.46. The Hall–Kier alpha value is -1.46. The molecule has 0 aliphatic heterocycles. The number of aromatic nitrogens is 1.